The summed E-state index contributed by atoms with van der Waals surface area (Å²) in [5.41, 5.74) is 6.48. The van der Waals surface area contributed by atoms with E-state index in [0.29, 0.717) is 12.1 Å². The quantitative estimate of drug-likeness (QED) is 0.562. The molecular weight excluding hydrogens is 309 g/mol. The molecule has 24 heavy (non-hydrogen) atoms. The Labute approximate surface area is 140 Å². The Morgan fingerprint density at radius 2 is 1.58 bits per heavy atom. The third-order valence-corrected chi connectivity index (χ3v) is 3.36. The van der Waals surface area contributed by atoms with Crippen LogP contribution in [0.3, 0.4) is 0 Å². The molecule has 0 heterocycles. The monoisotopic (exact) mass is 329 g/mol. The van der Waals surface area contributed by atoms with E-state index in [0.717, 1.165) is 12.8 Å². The molecule has 0 bridgehead atoms. The standard InChI is InChI=1S/C18H20FN3O2/c19-16-10-8-15(9-11-16)13-17(23)21-22-18(24)20-12-4-7-14-5-2-1-3-6-14/h1-3,5-6,8-11H,4,7,12-13H2,(H,21,23)(H2,20,22,24). The van der Waals surface area contributed by atoms with Crippen molar-refractivity contribution in [2.75, 3.05) is 6.54 Å². The van der Waals surface area contributed by atoms with E-state index in [9.17, 15) is 14.0 Å². The fourth-order valence-electron chi connectivity index (χ4n) is 2.14. The highest BCUT2D eigenvalue weighted by Gasteiger charge is 2.05. The Bertz CT molecular complexity index is 660. The van der Waals surface area contributed by atoms with Gasteiger partial charge in [0.1, 0.15) is 5.82 Å². The molecule has 0 unspecified atom stereocenters. The van der Waals surface area contributed by atoms with Gasteiger partial charge in [0.05, 0.1) is 6.42 Å². The smallest absolute Gasteiger partial charge is 0.333 e. The second-order valence-corrected chi connectivity index (χ2v) is 5.32. The SMILES string of the molecule is O=C(Cc1ccc(F)cc1)NNC(=O)NCCCc1ccccc1. The van der Waals surface area contributed by atoms with Crippen molar-refractivity contribution in [3.63, 3.8) is 0 Å². The number of carbonyl (C=O) groups is 2. The van der Waals surface area contributed by atoms with Crippen LogP contribution in [0.4, 0.5) is 9.18 Å². The molecule has 2 rings (SSSR count). The molecule has 5 nitrogen and oxygen atoms in total. The summed E-state index contributed by atoms with van der Waals surface area (Å²) in [6.45, 7) is 0.508. The summed E-state index contributed by atoms with van der Waals surface area (Å²) in [5.74, 6) is -0.729. The molecule has 0 aliphatic rings. The predicted octanol–water partition coefficient (Wildman–Crippen LogP) is 2.33. The summed E-state index contributed by atoms with van der Waals surface area (Å²) in [6.07, 6.45) is 1.74. The van der Waals surface area contributed by atoms with E-state index >= 15 is 0 Å². The lowest BCUT2D eigenvalue weighted by molar-refractivity contribution is -0.121. The number of hydrogen-bond donors (Lipinski definition) is 3. The molecule has 6 heteroatoms. The molecule has 0 atom stereocenters. The number of urea groups is 1. The predicted molar refractivity (Wildman–Crippen MR) is 89.5 cm³/mol. The maximum atomic E-state index is 12.8. The number of hydrazine groups is 1. The van der Waals surface area contributed by atoms with E-state index in [1.54, 1.807) is 0 Å². The maximum Gasteiger partial charge on any atom is 0.333 e. The van der Waals surface area contributed by atoms with Crippen LogP contribution in [0.25, 0.3) is 0 Å². The maximum absolute atomic E-state index is 12.8. The number of hydrogen-bond acceptors (Lipinski definition) is 2. The second kappa shape index (κ2) is 9.29. The Morgan fingerprint density at radius 3 is 2.29 bits per heavy atom. The second-order valence-electron chi connectivity index (χ2n) is 5.32. The molecule has 2 aromatic rings. The number of amides is 3. The molecule has 0 aliphatic heterocycles. The number of aryl methyl sites for hydroxylation is 1. The number of rotatable bonds is 6. The zero-order valence-corrected chi connectivity index (χ0v) is 13.2. The van der Waals surface area contributed by atoms with Gasteiger partial charge < -0.3 is 5.32 Å². The summed E-state index contributed by atoms with van der Waals surface area (Å²) < 4.78 is 12.8. The average molecular weight is 329 g/mol. The van der Waals surface area contributed by atoms with Crippen LogP contribution in [-0.2, 0) is 17.6 Å². The first kappa shape index (κ1) is 17.5. The van der Waals surface area contributed by atoms with Gasteiger partial charge in [-0.25, -0.2) is 14.6 Å². The summed E-state index contributed by atoms with van der Waals surface area (Å²) in [4.78, 5) is 23.2. The van der Waals surface area contributed by atoms with E-state index < -0.39 is 6.03 Å². The number of halogens is 1. The molecule has 0 aromatic heterocycles. The average Bonchev–Trinajstić information content (AvgIpc) is 2.60. The van der Waals surface area contributed by atoms with E-state index in [4.69, 9.17) is 0 Å². The number of benzene rings is 2. The van der Waals surface area contributed by atoms with Crippen LogP contribution >= 0.6 is 0 Å². The van der Waals surface area contributed by atoms with Gasteiger partial charge in [-0.3, -0.25) is 10.2 Å². The van der Waals surface area contributed by atoms with Gasteiger partial charge in [-0.15, -0.1) is 0 Å². The Kier molecular flexibility index (Phi) is 6.76. The lowest BCUT2D eigenvalue weighted by Crippen LogP contribution is -2.47. The van der Waals surface area contributed by atoms with Crippen LogP contribution in [-0.4, -0.2) is 18.5 Å². The highest BCUT2D eigenvalue weighted by Crippen LogP contribution is 2.03. The molecule has 3 N–H and O–H groups in total. The molecule has 0 fully saturated rings. The van der Waals surface area contributed by atoms with E-state index in [1.807, 2.05) is 30.3 Å². The van der Waals surface area contributed by atoms with E-state index in [1.165, 1.54) is 29.8 Å². The Hall–Kier alpha value is -2.89. The van der Waals surface area contributed by atoms with Crippen molar-refractivity contribution in [3.05, 3.63) is 71.5 Å². The van der Waals surface area contributed by atoms with Crippen molar-refractivity contribution in [2.24, 2.45) is 0 Å². The van der Waals surface area contributed by atoms with Crippen LogP contribution in [0.2, 0.25) is 0 Å². The third kappa shape index (κ3) is 6.48. The van der Waals surface area contributed by atoms with Crippen molar-refractivity contribution < 1.29 is 14.0 Å². The van der Waals surface area contributed by atoms with Gasteiger partial charge in [-0.1, -0.05) is 42.5 Å². The molecule has 0 saturated carbocycles. The lowest BCUT2D eigenvalue weighted by Gasteiger charge is -2.09. The van der Waals surface area contributed by atoms with Crippen molar-refractivity contribution in [2.45, 2.75) is 19.3 Å². The minimum atomic E-state index is -0.462. The first-order chi connectivity index (χ1) is 11.6. The van der Waals surface area contributed by atoms with E-state index in [2.05, 4.69) is 16.2 Å². The Balaban J connectivity index is 1.58. The largest absolute Gasteiger partial charge is 0.337 e. The molecule has 0 saturated heterocycles. The van der Waals surface area contributed by atoms with E-state index in [-0.39, 0.29) is 18.1 Å². The normalized spacial score (nSPS) is 10.0. The molecule has 0 radical (unpaired) electrons. The van der Waals surface area contributed by atoms with Crippen LogP contribution in [0, 0.1) is 5.82 Å². The molecule has 126 valence electrons. The van der Waals surface area contributed by atoms with Crippen molar-refractivity contribution in [1.82, 2.24) is 16.2 Å². The molecule has 3 amide bonds. The molecule has 0 aliphatic carbocycles. The molecule has 2 aromatic carbocycles. The summed E-state index contributed by atoms with van der Waals surface area (Å²) in [5, 5.41) is 2.67. The van der Waals surface area contributed by atoms with Gasteiger partial charge in [-0.05, 0) is 36.1 Å². The number of nitrogens with one attached hydrogen (secondary N) is 3. The minimum absolute atomic E-state index is 0.0641. The summed E-state index contributed by atoms with van der Waals surface area (Å²) in [6, 6.07) is 15.2. The first-order valence-corrected chi connectivity index (χ1v) is 7.74. The van der Waals surface area contributed by atoms with Gasteiger partial charge in [0.25, 0.3) is 0 Å². The molecule has 0 spiro atoms. The van der Waals surface area contributed by atoms with Crippen molar-refractivity contribution in [1.29, 1.82) is 0 Å². The molecular formula is C18H20FN3O2. The highest BCUT2D eigenvalue weighted by molar-refractivity contribution is 5.82. The highest BCUT2D eigenvalue weighted by atomic mass is 19.1. The topological polar surface area (TPSA) is 70.2 Å². The fourth-order valence-corrected chi connectivity index (χ4v) is 2.14. The van der Waals surface area contributed by atoms with Gasteiger partial charge in [-0.2, -0.15) is 0 Å². The third-order valence-electron chi connectivity index (χ3n) is 3.36. The minimum Gasteiger partial charge on any atom is -0.337 e. The zero-order valence-electron chi connectivity index (χ0n) is 13.2. The van der Waals surface area contributed by atoms with Crippen LogP contribution in [0.15, 0.2) is 54.6 Å². The summed E-state index contributed by atoms with van der Waals surface area (Å²) in [7, 11) is 0. The van der Waals surface area contributed by atoms with Crippen molar-refractivity contribution in [3.8, 4) is 0 Å². The van der Waals surface area contributed by atoms with Crippen LogP contribution in [0.1, 0.15) is 17.5 Å². The van der Waals surface area contributed by atoms with Crippen molar-refractivity contribution >= 4 is 11.9 Å². The summed E-state index contributed by atoms with van der Waals surface area (Å²) >= 11 is 0. The van der Waals surface area contributed by atoms with Gasteiger partial charge in [0, 0.05) is 6.54 Å². The first-order valence-electron chi connectivity index (χ1n) is 7.74. The van der Waals surface area contributed by atoms with Gasteiger partial charge >= 0.3 is 6.03 Å². The van der Waals surface area contributed by atoms with Gasteiger partial charge in [0.15, 0.2) is 0 Å². The fraction of sp³-hybridized carbons (Fsp3) is 0.222. The Morgan fingerprint density at radius 1 is 0.875 bits per heavy atom. The van der Waals surface area contributed by atoms with Crippen LogP contribution < -0.4 is 16.2 Å². The van der Waals surface area contributed by atoms with Gasteiger partial charge in [0.2, 0.25) is 5.91 Å². The number of carbonyl (C=O) groups excluding carboxylic acids is 2. The lowest BCUT2D eigenvalue weighted by atomic mass is 10.1. The van der Waals surface area contributed by atoms with Crippen LogP contribution in [0.5, 0.6) is 0 Å². The zero-order chi connectivity index (χ0) is 17.2.